The van der Waals surface area contributed by atoms with Gasteiger partial charge in [-0.15, -0.1) is 0 Å². The van der Waals surface area contributed by atoms with E-state index in [4.69, 9.17) is 4.74 Å². The summed E-state index contributed by atoms with van der Waals surface area (Å²) in [7, 11) is 0. The molecule has 0 aliphatic rings. The number of carbonyl (C=O) groups is 1. The van der Waals surface area contributed by atoms with Gasteiger partial charge in [-0.25, -0.2) is 14.8 Å². The Morgan fingerprint density at radius 1 is 1.33 bits per heavy atom. The third kappa shape index (κ3) is 3.36. The number of hydrogen-bond donors (Lipinski definition) is 2. The lowest BCUT2D eigenvalue weighted by Gasteiger charge is -2.08. The molecule has 2 aromatic rings. The monoisotopic (exact) mass is 289 g/mol. The van der Waals surface area contributed by atoms with Crippen molar-refractivity contribution in [1.82, 2.24) is 20.2 Å². The van der Waals surface area contributed by atoms with Crippen molar-refractivity contribution in [2.24, 2.45) is 0 Å². The summed E-state index contributed by atoms with van der Waals surface area (Å²) in [5, 5.41) is 10.2. The zero-order chi connectivity index (χ0) is 15.4. The number of rotatable bonds is 5. The first-order valence-corrected chi connectivity index (χ1v) is 6.78. The lowest BCUT2D eigenvalue weighted by Crippen LogP contribution is -2.11. The molecule has 0 saturated heterocycles. The molecule has 0 amide bonds. The molecule has 112 valence electrons. The van der Waals surface area contributed by atoms with Gasteiger partial charge in [0.05, 0.1) is 23.6 Å². The van der Waals surface area contributed by atoms with Crippen molar-refractivity contribution >= 4 is 11.9 Å². The predicted octanol–water partition coefficient (Wildman–Crippen LogP) is 1.91. The fraction of sp³-hybridized carbons (Fsp3) is 0.429. The quantitative estimate of drug-likeness (QED) is 0.817. The number of aryl methyl sites for hydroxylation is 3. The summed E-state index contributed by atoms with van der Waals surface area (Å²) in [4.78, 5) is 20.1. The molecule has 0 atom stereocenters. The molecule has 0 radical (unpaired) electrons. The van der Waals surface area contributed by atoms with Crippen LogP contribution < -0.4 is 5.32 Å². The lowest BCUT2D eigenvalue weighted by atomic mass is 10.2. The van der Waals surface area contributed by atoms with Gasteiger partial charge >= 0.3 is 5.97 Å². The normalized spacial score (nSPS) is 10.5. The van der Waals surface area contributed by atoms with E-state index in [1.165, 1.54) is 6.20 Å². The molecule has 0 bridgehead atoms. The Morgan fingerprint density at radius 2 is 2.10 bits per heavy atom. The van der Waals surface area contributed by atoms with Gasteiger partial charge in [0, 0.05) is 24.0 Å². The molecule has 0 spiro atoms. The minimum Gasteiger partial charge on any atom is -0.462 e. The number of hydrogen-bond acceptors (Lipinski definition) is 6. The highest BCUT2D eigenvalue weighted by molar-refractivity contribution is 5.90. The van der Waals surface area contributed by atoms with Crippen molar-refractivity contribution < 1.29 is 9.53 Å². The van der Waals surface area contributed by atoms with E-state index in [0.717, 1.165) is 17.0 Å². The molecular weight excluding hydrogens is 270 g/mol. The van der Waals surface area contributed by atoms with Gasteiger partial charge in [0.25, 0.3) is 0 Å². The SMILES string of the molecule is CCOC(=O)c1cnc(NCc2c(C)n[nH]c2C)nc1C. The molecule has 0 saturated carbocycles. The number of anilines is 1. The second-order valence-electron chi connectivity index (χ2n) is 4.68. The number of esters is 1. The van der Waals surface area contributed by atoms with E-state index in [1.54, 1.807) is 13.8 Å². The highest BCUT2D eigenvalue weighted by Gasteiger charge is 2.13. The Balaban J connectivity index is 2.09. The van der Waals surface area contributed by atoms with Gasteiger partial charge in [0.1, 0.15) is 0 Å². The van der Waals surface area contributed by atoms with Crippen LogP contribution in [0.2, 0.25) is 0 Å². The van der Waals surface area contributed by atoms with Crippen LogP contribution in [0, 0.1) is 20.8 Å². The zero-order valence-corrected chi connectivity index (χ0v) is 12.6. The molecule has 0 aliphatic heterocycles. The third-order valence-corrected chi connectivity index (χ3v) is 3.18. The van der Waals surface area contributed by atoms with Gasteiger partial charge in [0.15, 0.2) is 0 Å². The van der Waals surface area contributed by atoms with E-state index in [9.17, 15) is 4.79 Å². The average Bonchev–Trinajstić information content (AvgIpc) is 2.76. The molecule has 0 fully saturated rings. The molecule has 2 heterocycles. The van der Waals surface area contributed by atoms with Crippen molar-refractivity contribution in [3.8, 4) is 0 Å². The summed E-state index contributed by atoms with van der Waals surface area (Å²) >= 11 is 0. The standard InChI is InChI=1S/C14H19N5O2/c1-5-21-13(20)12-7-16-14(17-8(12)2)15-6-11-9(3)18-19-10(11)4/h7H,5-6H2,1-4H3,(H,18,19)(H,15,16,17). The molecule has 0 unspecified atom stereocenters. The lowest BCUT2D eigenvalue weighted by molar-refractivity contribution is 0.0524. The van der Waals surface area contributed by atoms with Gasteiger partial charge in [-0.2, -0.15) is 5.10 Å². The van der Waals surface area contributed by atoms with Crippen molar-refractivity contribution in [2.75, 3.05) is 11.9 Å². The highest BCUT2D eigenvalue weighted by Crippen LogP contribution is 2.13. The van der Waals surface area contributed by atoms with Gasteiger partial charge in [-0.3, -0.25) is 5.10 Å². The van der Waals surface area contributed by atoms with Crippen molar-refractivity contribution in [2.45, 2.75) is 34.2 Å². The van der Waals surface area contributed by atoms with Gasteiger partial charge in [-0.05, 0) is 27.7 Å². The van der Waals surface area contributed by atoms with Crippen LogP contribution in [0.1, 0.15) is 39.9 Å². The summed E-state index contributed by atoms with van der Waals surface area (Å²) < 4.78 is 4.95. The van der Waals surface area contributed by atoms with Crippen LogP contribution >= 0.6 is 0 Å². The first-order valence-electron chi connectivity index (χ1n) is 6.78. The molecule has 7 nitrogen and oxygen atoms in total. The van der Waals surface area contributed by atoms with Gasteiger partial charge in [0.2, 0.25) is 5.95 Å². The molecule has 0 aliphatic carbocycles. The van der Waals surface area contributed by atoms with Crippen LogP contribution in [-0.2, 0) is 11.3 Å². The van der Waals surface area contributed by atoms with E-state index >= 15 is 0 Å². The molecule has 21 heavy (non-hydrogen) atoms. The van der Waals surface area contributed by atoms with E-state index in [1.807, 2.05) is 13.8 Å². The van der Waals surface area contributed by atoms with Crippen LogP contribution in [0.25, 0.3) is 0 Å². The van der Waals surface area contributed by atoms with Crippen LogP contribution in [-0.4, -0.2) is 32.7 Å². The molecule has 2 N–H and O–H groups in total. The Labute approximate surface area is 123 Å². The van der Waals surface area contributed by atoms with Crippen LogP contribution in [0.3, 0.4) is 0 Å². The van der Waals surface area contributed by atoms with E-state index < -0.39 is 5.97 Å². The minimum atomic E-state index is -0.400. The Morgan fingerprint density at radius 3 is 2.67 bits per heavy atom. The summed E-state index contributed by atoms with van der Waals surface area (Å²) in [5.74, 6) is 0.0728. The number of aromatic nitrogens is 4. The number of nitrogens with one attached hydrogen (secondary N) is 2. The smallest absolute Gasteiger partial charge is 0.341 e. The van der Waals surface area contributed by atoms with E-state index in [-0.39, 0.29) is 0 Å². The Hall–Kier alpha value is -2.44. The second kappa shape index (κ2) is 6.34. The van der Waals surface area contributed by atoms with Gasteiger partial charge in [-0.1, -0.05) is 0 Å². The number of nitrogens with zero attached hydrogens (tertiary/aromatic N) is 3. The minimum absolute atomic E-state index is 0.331. The van der Waals surface area contributed by atoms with Gasteiger partial charge < -0.3 is 10.1 Å². The average molecular weight is 289 g/mol. The van der Waals surface area contributed by atoms with E-state index in [2.05, 4.69) is 25.5 Å². The van der Waals surface area contributed by atoms with Crippen LogP contribution in [0.15, 0.2) is 6.20 Å². The summed E-state index contributed by atoms with van der Waals surface area (Å²) in [5.41, 5.74) is 4.02. The first-order chi connectivity index (χ1) is 10.0. The number of ether oxygens (including phenoxy) is 1. The maximum Gasteiger partial charge on any atom is 0.341 e. The summed E-state index contributed by atoms with van der Waals surface area (Å²) in [6.45, 7) is 8.33. The summed E-state index contributed by atoms with van der Waals surface area (Å²) in [6, 6.07) is 0. The Kier molecular flexibility index (Phi) is 4.52. The maximum atomic E-state index is 11.7. The number of H-pyrrole nitrogens is 1. The summed E-state index contributed by atoms with van der Waals surface area (Å²) in [6.07, 6.45) is 1.48. The topological polar surface area (TPSA) is 92.8 Å². The fourth-order valence-corrected chi connectivity index (χ4v) is 1.96. The molecular formula is C14H19N5O2. The highest BCUT2D eigenvalue weighted by atomic mass is 16.5. The molecule has 2 aromatic heterocycles. The maximum absolute atomic E-state index is 11.7. The predicted molar refractivity (Wildman–Crippen MR) is 78.1 cm³/mol. The zero-order valence-electron chi connectivity index (χ0n) is 12.6. The largest absolute Gasteiger partial charge is 0.462 e. The first kappa shape index (κ1) is 15.0. The van der Waals surface area contributed by atoms with Crippen molar-refractivity contribution in [3.05, 3.63) is 34.4 Å². The number of carbonyl (C=O) groups excluding carboxylic acids is 1. The van der Waals surface area contributed by atoms with E-state index in [0.29, 0.717) is 30.4 Å². The van der Waals surface area contributed by atoms with Crippen molar-refractivity contribution in [1.29, 1.82) is 0 Å². The fourth-order valence-electron chi connectivity index (χ4n) is 1.96. The van der Waals surface area contributed by atoms with Crippen LogP contribution in [0.4, 0.5) is 5.95 Å². The van der Waals surface area contributed by atoms with Crippen LogP contribution in [0.5, 0.6) is 0 Å². The molecule has 2 rings (SSSR count). The number of aromatic amines is 1. The third-order valence-electron chi connectivity index (χ3n) is 3.18. The van der Waals surface area contributed by atoms with Crippen molar-refractivity contribution in [3.63, 3.8) is 0 Å². The second-order valence-corrected chi connectivity index (χ2v) is 4.68. The molecule has 7 heteroatoms. The molecule has 0 aromatic carbocycles. The Bertz CT molecular complexity index is 631.